The molecule has 0 saturated carbocycles. The molecule has 2 N–H and O–H groups in total. The molecule has 0 bridgehead atoms. The molecular weight excluding hydrogens is 242 g/mol. The van der Waals surface area contributed by atoms with Crippen LogP contribution in [0, 0.1) is 12.3 Å². The van der Waals surface area contributed by atoms with Crippen molar-refractivity contribution in [2.45, 2.75) is 27.7 Å². The van der Waals surface area contributed by atoms with Gasteiger partial charge in [0.15, 0.2) is 11.5 Å². The quantitative estimate of drug-likeness (QED) is 0.649. The van der Waals surface area contributed by atoms with Crippen molar-refractivity contribution in [2.24, 2.45) is 5.41 Å². The Hall–Kier alpha value is -2.10. The normalized spacial score (nSPS) is 12.1. The van der Waals surface area contributed by atoms with Crippen LogP contribution in [-0.4, -0.2) is 16.8 Å². The van der Waals surface area contributed by atoms with Crippen LogP contribution in [0.15, 0.2) is 36.1 Å². The summed E-state index contributed by atoms with van der Waals surface area (Å²) >= 11 is 0. The summed E-state index contributed by atoms with van der Waals surface area (Å²) in [6.45, 7) is 7.09. The van der Waals surface area contributed by atoms with Gasteiger partial charge >= 0.3 is 0 Å². The zero-order valence-corrected chi connectivity index (χ0v) is 11.7. The molecule has 1 aromatic carbocycles. The maximum atomic E-state index is 11.7. The molecule has 0 radical (unpaired) electrons. The molecule has 0 atom stereocenters. The average molecular weight is 261 g/mol. The summed E-state index contributed by atoms with van der Waals surface area (Å²) in [7, 11) is 0. The third-order valence-corrected chi connectivity index (χ3v) is 2.55. The SMILES string of the molecule is Cc1ccc(NC(=O)C(O)=CC(=O)C(C)(C)C)cc1. The van der Waals surface area contributed by atoms with Gasteiger partial charge in [-0.2, -0.15) is 0 Å². The fourth-order valence-electron chi connectivity index (χ4n) is 1.24. The highest BCUT2D eigenvalue weighted by Crippen LogP contribution is 2.16. The average Bonchev–Trinajstić information content (AvgIpc) is 2.30. The molecule has 4 heteroatoms. The largest absolute Gasteiger partial charge is 0.503 e. The Balaban J connectivity index is 2.75. The van der Waals surface area contributed by atoms with E-state index in [-0.39, 0.29) is 5.78 Å². The lowest BCUT2D eigenvalue weighted by molar-refractivity contribution is -0.122. The number of hydrogen-bond donors (Lipinski definition) is 2. The molecule has 0 fully saturated rings. The minimum Gasteiger partial charge on any atom is -0.503 e. The Kier molecular flexibility index (Phi) is 4.48. The van der Waals surface area contributed by atoms with Gasteiger partial charge in [-0.1, -0.05) is 38.5 Å². The number of amides is 1. The molecule has 1 amide bonds. The number of aliphatic hydroxyl groups is 1. The zero-order chi connectivity index (χ0) is 14.6. The van der Waals surface area contributed by atoms with Gasteiger partial charge in [-0.05, 0) is 19.1 Å². The zero-order valence-electron chi connectivity index (χ0n) is 11.7. The predicted octanol–water partition coefficient (Wildman–Crippen LogP) is 2.99. The highest BCUT2D eigenvalue weighted by molar-refractivity contribution is 6.07. The Morgan fingerprint density at radius 2 is 1.68 bits per heavy atom. The third kappa shape index (κ3) is 4.58. The van der Waals surface area contributed by atoms with Gasteiger partial charge in [0.2, 0.25) is 0 Å². The molecular formula is C15H19NO3. The summed E-state index contributed by atoms with van der Waals surface area (Å²) < 4.78 is 0. The molecule has 0 aromatic heterocycles. The Labute approximate surface area is 113 Å². The first kappa shape index (κ1) is 15.0. The number of anilines is 1. The third-order valence-electron chi connectivity index (χ3n) is 2.55. The fraction of sp³-hybridized carbons (Fsp3) is 0.333. The molecule has 19 heavy (non-hydrogen) atoms. The second-order valence-electron chi connectivity index (χ2n) is 5.46. The lowest BCUT2D eigenvalue weighted by atomic mass is 9.90. The maximum Gasteiger partial charge on any atom is 0.290 e. The number of allylic oxidation sites excluding steroid dienone is 1. The van der Waals surface area contributed by atoms with E-state index in [1.807, 2.05) is 19.1 Å². The summed E-state index contributed by atoms with van der Waals surface area (Å²) in [5.41, 5.74) is 1.01. The van der Waals surface area contributed by atoms with Crippen LogP contribution < -0.4 is 5.32 Å². The van der Waals surface area contributed by atoms with Crippen molar-refractivity contribution in [3.8, 4) is 0 Å². The second-order valence-corrected chi connectivity index (χ2v) is 5.46. The minimum atomic E-state index is -0.693. The van der Waals surface area contributed by atoms with Crippen LogP contribution in [0.5, 0.6) is 0 Å². The molecule has 0 spiro atoms. The predicted molar refractivity (Wildman–Crippen MR) is 75.0 cm³/mol. The Morgan fingerprint density at radius 3 is 2.16 bits per heavy atom. The number of carbonyl (C=O) groups is 2. The number of aliphatic hydroxyl groups excluding tert-OH is 1. The second kappa shape index (κ2) is 5.69. The van der Waals surface area contributed by atoms with Crippen LogP contribution in [0.1, 0.15) is 26.3 Å². The van der Waals surface area contributed by atoms with Gasteiger partial charge in [0.1, 0.15) is 0 Å². The van der Waals surface area contributed by atoms with Crippen molar-refractivity contribution in [1.29, 1.82) is 0 Å². The number of rotatable bonds is 3. The molecule has 0 unspecified atom stereocenters. The van der Waals surface area contributed by atoms with Crippen LogP contribution in [0.3, 0.4) is 0 Å². The van der Waals surface area contributed by atoms with E-state index >= 15 is 0 Å². The summed E-state index contributed by atoms with van der Waals surface area (Å²) in [5.74, 6) is -1.58. The van der Waals surface area contributed by atoms with E-state index in [4.69, 9.17) is 0 Å². The van der Waals surface area contributed by atoms with Crippen LogP contribution >= 0.6 is 0 Å². The number of nitrogens with one attached hydrogen (secondary N) is 1. The van der Waals surface area contributed by atoms with Gasteiger partial charge in [-0.25, -0.2) is 0 Å². The van der Waals surface area contributed by atoms with Gasteiger partial charge in [-0.15, -0.1) is 0 Å². The summed E-state index contributed by atoms with van der Waals surface area (Å²) in [6, 6.07) is 7.14. The van der Waals surface area contributed by atoms with Crippen LogP contribution in [-0.2, 0) is 9.59 Å². The van der Waals surface area contributed by atoms with E-state index in [2.05, 4.69) is 5.32 Å². The molecule has 0 saturated heterocycles. The first-order valence-corrected chi connectivity index (χ1v) is 6.03. The van der Waals surface area contributed by atoms with Crippen LogP contribution in [0.4, 0.5) is 5.69 Å². The smallest absolute Gasteiger partial charge is 0.290 e. The lowest BCUT2D eigenvalue weighted by Gasteiger charge is -2.13. The number of benzene rings is 1. The van der Waals surface area contributed by atoms with Crippen molar-refractivity contribution in [2.75, 3.05) is 5.32 Å². The van der Waals surface area contributed by atoms with E-state index in [0.29, 0.717) is 5.69 Å². The van der Waals surface area contributed by atoms with E-state index in [9.17, 15) is 14.7 Å². The Morgan fingerprint density at radius 1 is 1.16 bits per heavy atom. The van der Waals surface area contributed by atoms with Gasteiger partial charge in [0.05, 0.1) is 0 Å². The number of ketones is 1. The van der Waals surface area contributed by atoms with Crippen molar-refractivity contribution in [3.05, 3.63) is 41.7 Å². The van der Waals surface area contributed by atoms with E-state index in [0.717, 1.165) is 11.6 Å². The highest BCUT2D eigenvalue weighted by Gasteiger charge is 2.21. The molecule has 0 aliphatic carbocycles. The maximum absolute atomic E-state index is 11.7. The number of aryl methyl sites for hydroxylation is 1. The molecule has 4 nitrogen and oxygen atoms in total. The van der Waals surface area contributed by atoms with E-state index in [1.165, 1.54) is 0 Å². The lowest BCUT2D eigenvalue weighted by Crippen LogP contribution is -2.21. The molecule has 1 aromatic rings. The first-order chi connectivity index (χ1) is 8.70. The monoisotopic (exact) mass is 261 g/mol. The highest BCUT2D eigenvalue weighted by atomic mass is 16.3. The first-order valence-electron chi connectivity index (χ1n) is 6.03. The standard InChI is InChI=1S/C15H19NO3/c1-10-5-7-11(8-6-10)16-14(19)12(17)9-13(18)15(2,3)4/h5-9,17H,1-4H3,(H,16,19). The van der Waals surface area contributed by atoms with Crippen molar-refractivity contribution in [1.82, 2.24) is 0 Å². The summed E-state index contributed by atoms with van der Waals surface area (Å²) in [5, 5.41) is 12.1. The summed E-state index contributed by atoms with van der Waals surface area (Å²) in [4.78, 5) is 23.3. The van der Waals surface area contributed by atoms with Crippen molar-refractivity contribution in [3.63, 3.8) is 0 Å². The Bertz CT molecular complexity index is 507. The molecule has 1 rings (SSSR count). The molecule has 102 valence electrons. The van der Waals surface area contributed by atoms with Gasteiger partial charge in [0.25, 0.3) is 5.91 Å². The molecule has 0 aliphatic rings. The molecule has 0 heterocycles. The number of carbonyl (C=O) groups excluding carboxylic acids is 2. The fourth-order valence-corrected chi connectivity index (χ4v) is 1.24. The molecule has 0 aliphatic heterocycles. The topological polar surface area (TPSA) is 66.4 Å². The summed E-state index contributed by atoms with van der Waals surface area (Å²) in [6.07, 6.45) is 0.962. The van der Waals surface area contributed by atoms with Gasteiger partial charge in [0, 0.05) is 17.2 Å². The van der Waals surface area contributed by atoms with Crippen LogP contribution in [0.2, 0.25) is 0 Å². The van der Waals surface area contributed by atoms with Gasteiger partial charge in [-0.3, -0.25) is 9.59 Å². The number of hydrogen-bond acceptors (Lipinski definition) is 3. The van der Waals surface area contributed by atoms with Crippen molar-refractivity contribution >= 4 is 17.4 Å². The minimum absolute atomic E-state index is 0.302. The van der Waals surface area contributed by atoms with Crippen molar-refractivity contribution < 1.29 is 14.7 Å². The van der Waals surface area contributed by atoms with Crippen LogP contribution in [0.25, 0.3) is 0 Å². The van der Waals surface area contributed by atoms with E-state index in [1.54, 1.807) is 32.9 Å². The van der Waals surface area contributed by atoms with Gasteiger partial charge < -0.3 is 10.4 Å². The van der Waals surface area contributed by atoms with E-state index < -0.39 is 17.1 Å².